The third-order valence-electron chi connectivity index (χ3n) is 2.92. The molecule has 2 N–H and O–H groups in total. The van der Waals surface area contributed by atoms with Crippen molar-refractivity contribution in [2.75, 3.05) is 7.11 Å². The first kappa shape index (κ1) is 12.6. The Hall–Kier alpha value is -1.88. The maximum atomic E-state index is 13.6. The number of aromatic nitrogens is 2. The summed E-state index contributed by atoms with van der Waals surface area (Å²) in [5, 5.41) is 4.23. The maximum Gasteiger partial charge on any atom is 0.165 e. The molecule has 4 nitrogen and oxygen atoms in total. The summed E-state index contributed by atoms with van der Waals surface area (Å²) in [5.41, 5.74) is 8.57. The fourth-order valence-electron chi connectivity index (χ4n) is 1.98. The number of benzene rings is 1. The predicted octanol–water partition coefficient (Wildman–Crippen LogP) is 1.92. The number of hydrogen-bond donors (Lipinski definition) is 1. The predicted molar refractivity (Wildman–Crippen MR) is 66.9 cm³/mol. The molecular formula is C13H16FN3O. The van der Waals surface area contributed by atoms with Crippen molar-refractivity contribution < 1.29 is 9.13 Å². The van der Waals surface area contributed by atoms with E-state index in [0.717, 1.165) is 11.3 Å². The minimum absolute atomic E-state index is 0.217. The van der Waals surface area contributed by atoms with Crippen molar-refractivity contribution >= 4 is 0 Å². The Bertz CT molecular complexity index is 565. The maximum absolute atomic E-state index is 13.6. The minimum Gasteiger partial charge on any atom is -0.494 e. The topological polar surface area (TPSA) is 53.1 Å². The van der Waals surface area contributed by atoms with Crippen LogP contribution in [0, 0.1) is 12.7 Å². The molecule has 1 atom stereocenters. The van der Waals surface area contributed by atoms with Crippen molar-refractivity contribution in [3.63, 3.8) is 0 Å². The van der Waals surface area contributed by atoms with Gasteiger partial charge in [-0.1, -0.05) is 6.07 Å². The molecule has 0 aliphatic heterocycles. The molecule has 2 aromatic rings. The Kier molecular flexibility index (Phi) is 3.34. The summed E-state index contributed by atoms with van der Waals surface area (Å²) >= 11 is 0. The Labute approximate surface area is 105 Å². The fraction of sp³-hybridized carbons (Fsp3) is 0.308. The molecule has 0 spiro atoms. The van der Waals surface area contributed by atoms with Crippen LogP contribution in [0.1, 0.15) is 22.9 Å². The van der Waals surface area contributed by atoms with Crippen molar-refractivity contribution in [2.45, 2.75) is 13.0 Å². The van der Waals surface area contributed by atoms with E-state index >= 15 is 0 Å². The zero-order valence-corrected chi connectivity index (χ0v) is 10.6. The number of rotatable bonds is 3. The summed E-state index contributed by atoms with van der Waals surface area (Å²) < 4.78 is 20.2. The highest BCUT2D eigenvalue weighted by molar-refractivity contribution is 5.36. The van der Waals surface area contributed by atoms with E-state index in [1.54, 1.807) is 16.8 Å². The van der Waals surface area contributed by atoms with Crippen LogP contribution in [0.5, 0.6) is 5.75 Å². The molecule has 0 saturated heterocycles. The van der Waals surface area contributed by atoms with Crippen LogP contribution in [0.15, 0.2) is 24.4 Å². The molecular weight excluding hydrogens is 233 g/mol. The fourth-order valence-corrected chi connectivity index (χ4v) is 1.98. The van der Waals surface area contributed by atoms with Gasteiger partial charge in [0, 0.05) is 18.8 Å². The van der Waals surface area contributed by atoms with E-state index in [0.29, 0.717) is 5.56 Å². The number of aryl methyl sites for hydroxylation is 2. The van der Waals surface area contributed by atoms with E-state index in [-0.39, 0.29) is 11.8 Å². The van der Waals surface area contributed by atoms with Crippen molar-refractivity contribution in [2.24, 2.45) is 12.8 Å². The quantitative estimate of drug-likeness (QED) is 0.904. The second-order valence-corrected chi connectivity index (χ2v) is 4.22. The Morgan fingerprint density at radius 1 is 1.44 bits per heavy atom. The number of nitrogens with two attached hydrogens (primary N) is 1. The highest BCUT2D eigenvalue weighted by Crippen LogP contribution is 2.25. The zero-order valence-electron chi connectivity index (χ0n) is 10.6. The van der Waals surface area contributed by atoms with Crippen LogP contribution in [0.25, 0.3) is 0 Å². The molecule has 1 heterocycles. The van der Waals surface area contributed by atoms with Crippen LogP contribution in [0.3, 0.4) is 0 Å². The molecule has 1 aromatic carbocycles. The standard InChI is InChI=1S/C13H16FN3O/c1-8-10(7-17(2)16-8)13(15)9-4-5-12(18-3)11(14)6-9/h4-7,13H,15H2,1-3H3. The lowest BCUT2D eigenvalue weighted by Gasteiger charge is -2.12. The molecule has 18 heavy (non-hydrogen) atoms. The van der Waals surface area contributed by atoms with Gasteiger partial charge in [0.1, 0.15) is 0 Å². The van der Waals surface area contributed by atoms with Crippen LogP contribution in [0.4, 0.5) is 4.39 Å². The number of methoxy groups -OCH3 is 1. The van der Waals surface area contributed by atoms with E-state index < -0.39 is 5.82 Å². The van der Waals surface area contributed by atoms with Crippen molar-refractivity contribution in [3.05, 3.63) is 47.0 Å². The molecule has 2 rings (SSSR count). The Morgan fingerprint density at radius 2 is 2.17 bits per heavy atom. The van der Waals surface area contributed by atoms with E-state index in [9.17, 15) is 4.39 Å². The molecule has 0 saturated carbocycles. The van der Waals surface area contributed by atoms with Crippen LogP contribution in [0.2, 0.25) is 0 Å². The third-order valence-corrected chi connectivity index (χ3v) is 2.92. The average molecular weight is 249 g/mol. The molecule has 96 valence electrons. The normalized spacial score (nSPS) is 12.5. The number of nitrogens with zero attached hydrogens (tertiary/aromatic N) is 2. The Balaban J connectivity index is 2.37. The molecule has 0 radical (unpaired) electrons. The first-order valence-corrected chi connectivity index (χ1v) is 5.62. The zero-order chi connectivity index (χ0) is 13.3. The van der Waals surface area contributed by atoms with E-state index in [4.69, 9.17) is 10.5 Å². The lowest BCUT2D eigenvalue weighted by Crippen LogP contribution is -2.12. The van der Waals surface area contributed by atoms with Gasteiger partial charge in [0.2, 0.25) is 0 Å². The second kappa shape index (κ2) is 4.78. The van der Waals surface area contributed by atoms with Gasteiger partial charge in [-0.15, -0.1) is 0 Å². The summed E-state index contributed by atoms with van der Waals surface area (Å²) in [4.78, 5) is 0. The van der Waals surface area contributed by atoms with Gasteiger partial charge in [-0.2, -0.15) is 5.10 Å². The molecule has 0 aliphatic carbocycles. The van der Waals surface area contributed by atoms with Crippen molar-refractivity contribution in [1.29, 1.82) is 0 Å². The molecule has 0 fully saturated rings. The van der Waals surface area contributed by atoms with E-state index in [1.165, 1.54) is 13.2 Å². The highest BCUT2D eigenvalue weighted by Gasteiger charge is 2.16. The SMILES string of the molecule is COc1ccc(C(N)c2cn(C)nc2C)cc1F. The number of hydrogen-bond acceptors (Lipinski definition) is 3. The van der Waals surface area contributed by atoms with Crippen LogP contribution >= 0.6 is 0 Å². The first-order valence-electron chi connectivity index (χ1n) is 5.62. The van der Waals surface area contributed by atoms with Gasteiger partial charge in [0.25, 0.3) is 0 Å². The third kappa shape index (κ3) is 2.22. The van der Waals surface area contributed by atoms with Crippen LogP contribution < -0.4 is 10.5 Å². The summed E-state index contributed by atoms with van der Waals surface area (Å²) in [6, 6.07) is 4.35. The Morgan fingerprint density at radius 3 is 2.67 bits per heavy atom. The number of halogens is 1. The van der Waals surface area contributed by atoms with Gasteiger partial charge in [-0.25, -0.2) is 4.39 Å². The molecule has 0 amide bonds. The summed E-state index contributed by atoms with van der Waals surface area (Å²) in [6.45, 7) is 1.88. The van der Waals surface area contributed by atoms with Crippen molar-refractivity contribution in [1.82, 2.24) is 9.78 Å². The minimum atomic E-state index is -0.410. The lowest BCUT2D eigenvalue weighted by molar-refractivity contribution is 0.386. The monoisotopic (exact) mass is 249 g/mol. The molecule has 1 unspecified atom stereocenters. The summed E-state index contributed by atoms with van der Waals surface area (Å²) in [6.07, 6.45) is 1.85. The van der Waals surface area contributed by atoms with Gasteiger partial charge in [-0.3, -0.25) is 4.68 Å². The summed E-state index contributed by atoms with van der Waals surface area (Å²) in [5.74, 6) is -0.194. The average Bonchev–Trinajstić information content (AvgIpc) is 2.67. The van der Waals surface area contributed by atoms with E-state index in [1.807, 2.05) is 20.2 Å². The molecule has 1 aromatic heterocycles. The largest absolute Gasteiger partial charge is 0.494 e. The molecule has 0 aliphatic rings. The summed E-state index contributed by atoms with van der Waals surface area (Å²) in [7, 11) is 3.26. The van der Waals surface area contributed by atoms with Gasteiger partial charge in [-0.05, 0) is 24.6 Å². The second-order valence-electron chi connectivity index (χ2n) is 4.22. The number of ether oxygens (including phenoxy) is 1. The highest BCUT2D eigenvalue weighted by atomic mass is 19.1. The van der Waals surface area contributed by atoms with Gasteiger partial charge >= 0.3 is 0 Å². The van der Waals surface area contributed by atoms with Gasteiger partial charge in [0.15, 0.2) is 11.6 Å². The van der Waals surface area contributed by atoms with E-state index in [2.05, 4.69) is 5.10 Å². The lowest BCUT2D eigenvalue weighted by atomic mass is 10.0. The smallest absolute Gasteiger partial charge is 0.165 e. The van der Waals surface area contributed by atoms with Crippen molar-refractivity contribution in [3.8, 4) is 5.75 Å². The molecule has 0 bridgehead atoms. The van der Waals surface area contributed by atoms with Gasteiger partial charge < -0.3 is 10.5 Å². The van der Waals surface area contributed by atoms with Crippen LogP contribution in [-0.4, -0.2) is 16.9 Å². The van der Waals surface area contributed by atoms with Gasteiger partial charge in [0.05, 0.1) is 18.8 Å². The molecule has 5 heteroatoms. The first-order chi connectivity index (χ1) is 8.52. The van der Waals surface area contributed by atoms with Crippen LogP contribution in [-0.2, 0) is 7.05 Å².